The quantitative estimate of drug-likeness (QED) is 0.167. The van der Waals surface area contributed by atoms with Crippen molar-refractivity contribution < 1.29 is 36.3 Å². The first-order valence-corrected chi connectivity index (χ1v) is 14.4. The molecular weight excluding hydrogens is 602 g/mol. The molecule has 0 fully saturated rings. The fourth-order valence-corrected chi connectivity index (χ4v) is 4.88. The lowest BCUT2D eigenvalue weighted by Gasteiger charge is -2.20. The van der Waals surface area contributed by atoms with Gasteiger partial charge in [0.15, 0.2) is 11.6 Å². The number of ether oxygens (including phenoxy) is 1. The molecular formula is C35H31F4N3O4. The van der Waals surface area contributed by atoms with E-state index in [0.29, 0.717) is 28.0 Å². The van der Waals surface area contributed by atoms with Gasteiger partial charge in [0.25, 0.3) is 11.8 Å². The summed E-state index contributed by atoms with van der Waals surface area (Å²) in [6.07, 6.45) is -6.04. The van der Waals surface area contributed by atoms with Crippen LogP contribution in [0, 0.1) is 5.82 Å². The van der Waals surface area contributed by atoms with Gasteiger partial charge in [-0.1, -0.05) is 24.3 Å². The van der Waals surface area contributed by atoms with Gasteiger partial charge in [0.2, 0.25) is 5.71 Å². The Balaban J connectivity index is 1.62. The molecule has 5 aromatic rings. The minimum atomic E-state index is -4.45. The van der Waals surface area contributed by atoms with Crippen LogP contribution in [-0.2, 0) is 6.42 Å². The average Bonchev–Trinajstić information content (AvgIpc) is 3.38. The maximum Gasteiger partial charge on any atom is 0.389 e. The lowest BCUT2D eigenvalue weighted by molar-refractivity contribution is -0.134. The van der Waals surface area contributed by atoms with Gasteiger partial charge in [-0.05, 0) is 87.4 Å². The highest BCUT2D eigenvalue weighted by Crippen LogP contribution is 2.38. The maximum absolute atomic E-state index is 14.1. The molecule has 0 spiro atoms. The van der Waals surface area contributed by atoms with Crippen molar-refractivity contribution in [1.82, 2.24) is 15.6 Å². The number of carbonyl (C=O) groups is 2. The summed E-state index contributed by atoms with van der Waals surface area (Å²) in [5, 5.41) is 5.74. The Labute approximate surface area is 262 Å². The zero-order chi connectivity index (χ0) is 33.2. The molecule has 2 N–H and O–H groups in total. The number of nitrogens with one attached hydrogen (secondary N) is 2. The summed E-state index contributed by atoms with van der Waals surface area (Å²) in [5.41, 5.74) is 1.23. The summed E-state index contributed by atoms with van der Waals surface area (Å²) in [5.74, 6) is -0.885. The number of amides is 2. The molecule has 46 heavy (non-hydrogen) atoms. The van der Waals surface area contributed by atoms with Crippen molar-refractivity contribution in [2.45, 2.75) is 45.3 Å². The number of fused-ring (bicyclic) bond motifs is 1. The number of hydrogen-bond donors (Lipinski definition) is 2. The summed E-state index contributed by atoms with van der Waals surface area (Å²) in [6, 6.07) is 20.4. The van der Waals surface area contributed by atoms with Gasteiger partial charge in [0.05, 0.1) is 16.6 Å². The molecule has 238 valence electrons. The zero-order valence-corrected chi connectivity index (χ0v) is 25.5. The van der Waals surface area contributed by atoms with Crippen molar-refractivity contribution in [1.29, 1.82) is 0 Å². The Kier molecular flexibility index (Phi) is 8.87. The molecule has 0 atom stereocenters. The van der Waals surface area contributed by atoms with Crippen LogP contribution in [0.5, 0.6) is 11.5 Å². The fraction of sp³-hybridized carbons (Fsp3) is 0.229. The second kappa shape index (κ2) is 12.7. The topological polar surface area (TPSA) is 93.5 Å². The first-order valence-electron chi connectivity index (χ1n) is 14.4. The van der Waals surface area contributed by atoms with Crippen LogP contribution in [-0.4, -0.2) is 35.6 Å². The Morgan fingerprint density at radius 1 is 0.891 bits per heavy atom. The Morgan fingerprint density at radius 2 is 1.61 bits per heavy atom. The van der Waals surface area contributed by atoms with Gasteiger partial charge < -0.3 is 19.8 Å². The van der Waals surface area contributed by atoms with Crippen LogP contribution in [0.1, 0.15) is 53.6 Å². The second-order valence-corrected chi connectivity index (χ2v) is 11.7. The number of rotatable bonds is 8. The van der Waals surface area contributed by atoms with Crippen molar-refractivity contribution >= 4 is 22.9 Å². The summed E-state index contributed by atoms with van der Waals surface area (Å²) in [6.45, 7) is 5.51. The molecule has 0 saturated carbocycles. The SMILES string of the molecule is CNC(=O)c1c(-c2ccc(Oc3ccccc3F)cc2)oc2nc(CCC(F)(F)F)c(-c3cccc(C(=O)NC(C)(C)C)c3)cc12. The molecule has 3 aromatic carbocycles. The van der Waals surface area contributed by atoms with Gasteiger partial charge in [0, 0.05) is 35.7 Å². The lowest BCUT2D eigenvalue weighted by Crippen LogP contribution is -2.40. The fourth-order valence-electron chi connectivity index (χ4n) is 4.88. The standard InChI is InChI=1S/C35H31F4N3O4/c1-34(2,3)42-31(43)22-9-7-8-21(18-22)24-19-25-29(32(44)40-4)30(46-33(25)41-27(24)16-17-35(37,38)39)20-12-14-23(15-13-20)45-28-11-6-5-10-26(28)36/h5-15,18-19H,16-17H2,1-4H3,(H,40,44)(H,42,43). The van der Waals surface area contributed by atoms with Crippen LogP contribution < -0.4 is 15.4 Å². The van der Waals surface area contributed by atoms with E-state index in [0.717, 1.165) is 0 Å². The first-order chi connectivity index (χ1) is 21.7. The van der Waals surface area contributed by atoms with Crippen LogP contribution in [0.3, 0.4) is 0 Å². The molecule has 0 aliphatic rings. The highest BCUT2D eigenvalue weighted by Gasteiger charge is 2.29. The lowest BCUT2D eigenvalue weighted by atomic mass is 9.96. The van der Waals surface area contributed by atoms with E-state index in [1.165, 1.54) is 19.2 Å². The first kappa shape index (κ1) is 32.2. The number of para-hydroxylation sites is 1. The van der Waals surface area contributed by atoms with Gasteiger partial charge in [-0.3, -0.25) is 9.59 Å². The number of pyridine rings is 1. The summed E-state index contributed by atoms with van der Waals surface area (Å²) < 4.78 is 65.8. The third-order valence-corrected chi connectivity index (χ3v) is 6.97. The predicted octanol–water partition coefficient (Wildman–Crippen LogP) is 8.48. The monoisotopic (exact) mass is 633 g/mol. The van der Waals surface area contributed by atoms with Gasteiger partial charge in [0.1, 0.15) is 11.5 Å². The number of halogens is 4. The third kappa shape index (κ3) is 7.36. The van der Waals surface area contributed by atoms with Crippen LogP contribution in [0.4, 0.5) is 17.6 Å². The van der Waals surface area contributed by atoms with E-state index >= 15 is 0 Å². The molecule has 0 aliphatic carbocycles. The van der Waals surface area contributed by atoms with E-state index in [2.05, 4.69) is 15.6 Å². The molecule has 2 amide bonds. The van der Waals surface area contributed by atoms with Crippen LogP contribution in [0.15, 0.2) is 83.3 Å². The molecule has 5 rings (SSSR count). The number of nitrogens with zero attached hydrogens (tertiary/aromatic N) is 1. The molecule has 0 unspecified atom stereocenters. The van der Waals surface area contributed by atoms with Crippen molar-refractivity contribution in [2.75, 3.05) is 7.05 Å². The smallest absolute Gasteiger partial charge is 0.389 e. The van der Waals surface area contributed by atoms with Crippen molar-refractivity contribution in [3.8, 4) is 33.9 Å². The van der Waals surface area contributed by atoms with Gasteiger partial charge >= 0.3 is 6.18 Å². The molecule has 2 aromatic heterocycles. The number of hydrogen-bond acceptors (Lipinski definition) is 5. The van der Waals surface area contributed by atoms with E-state index in [9.17, 15) is 27.2 Å². The molecule has 0 saturated heterocycles. The summed E-state index contributed by atoms with van der Waals surface area (Å²) in [7, 11) is 1.44. The van der Waals surface area contributed by atoms with Crippen molar-refractivity contribution in [3.63, 3.8) is 0 Å². The van der Waals surface area contributed by atoms with Crippen molar-refractivity contribution in [3.05, 3.63) is 102 Å². The zero-order valence-electron chi connectivity index (χ0n) is 25.5. The number of aromatic nitrogens is 1. The Morgan fingerprint density at radius 3 is 2.26 bits per heavy atom. The highest BCUT2D eigenvalue weighted by molar-refractivity contribution is 6.11. The average molecular weight is 634 g/mol. The van der Waals surface area contributed by atoms with Gasteiger partial charge in [-0.15, -0.1) is 0 Å². The maximum atomic E-state index is 14.1. The number of alkyl halides is 3. The molecule has 2 heterocycles. The van der Waals surface area contributed by atoms with Gasteiger partial charge in [-0.2, -0.15) is 13.2 Å². The molecule has 11 heteroatoms. The van der Waals surface area contributed by atoms with Crippen molar-refractivity contribution in [2.24, 2.45) is 0 Å². The normalized spacial score (nSPS) is 11.8. The van der Waals surface area contributed by atoms with Crippen LogP contribution >= 0.6 is 0 Å². The molecule has 0 bridgehead atoms. The predicted molar refractivity (Wildman–Crippen MR) is 166 cm³/mol. The molecule has 7 nitrogen and oxygen atoms in total. The Bertz CT molecular complexity index is 1910. The summed E-state index contributed by atoms with van der Waals surface area (Å²) in [4.78, 5) is 30.6. The van der Waals surface area contributed by atoms with Crippen LogP contribution in [0.2, 0.25) is 0 Å². The van der Waals surface area contributed by atoms with Gasteiger partial charge in [-0.25, -0.2) is 9.37 Å². The molecule has 0 aliphatic heterocycles. The minimum absolute atomic E-state index is 0.0252. The third-order valence-electron chi connectivity index (χ3n) is 6.97. The van der Waals surface area contributed by atoms with E-state index in [4.69, 9.17) is 9.15 Å². The van der Waals surface area contributed by atoms with E-state index in [1.807, 2.05) is 20.8 Å². The van der Waals surface area contributed by atoms with E-state index in [1.54, 1.807) is 66.7 Å². The van der Waals surface area contributed by atoms with E-state index < -0.39 is 36.3 Å². The van der Waals surface area contributed by atoms with Crippen LogP contribution in [0.25, 0.3) is 33.6 Å². The number of furan rings is 1. The second-order valence-electron chi connectivity index (χ2n) is 11.7. The number of carbonyl (C=O) groups excluding carboxylic acids is 2. The number of benzene rings is 3. The molecule has 0 radical (unpaired) electrons. The number of aryl methyl sites for hydroxylation is 1. The van der Waals surface area contributed by atoms with E-state index in [-0.39, 0.29) is 39.8 Å². The highest BCUT2D eigenvalue weighted by atomic mass is 19.4. The largest absolute Gasteiger partial charge is 0.454 e. The summed E-state index contributed by atoms with van der Waals surface area (Å²) >= 11 is 0. The minimum Gasteiger partial charge on any atom is -0.454 e. The Hall–Kier alpha value is -5.19.